The zero-order valence-electron chi connectivity index (χ0n) is 19.7. The number of nitrogens with one attached hydrogen (secondary N) is 2. The lowest BCUT2D eigenvalue weighted by Crippen LogP contribution is -2.22. The molecule has 186 valence electrons. The van der Waals surface area contributed by atoms with Crippen molar-refractivity contribution in [1.29, 1.82) is 0 Å². The van der Waals surface area contributed by atoms with Crippen LogP contribution in [0.2, 0.25) is 0 Å². The Morgan fingerprint density at radius 2 is 1.91 bits per heavy atom. The average molecular weight is 473 g/mol. The van der Waals surface area contributed by atoms with Crippen LogP contribution in [-0.2, 0) is 19.0 Å². The first kappa shape index (κ1) is 27.0. The fourth-order valence-corrected chi connectivity index (χ4v) is 3.30. The van der Waals surface area contributed by atoms with Crippen molar-refractivity contribution in [2.75, 3.05) is 45.8 Å². The third kappa shape index (κ3) is 8.58. The third-order valence-electron chi connectivity index (χ3n) is 5.17. The maximum Gasteiger partial charge on any atom is 0.243 e. The molecule has 9 nitrogen and oxygen atoms in total. The number of hydrogen-bond acceptors (Lipinski definition) is 7. The van der Waals surface area contributed by atoms with E-state index in [0.717, 1.165) is 24.3 Å². The second kappa shape index (κ2) is 14.8. The van der Waals surface area contributed by atoms with Gasteiger partial charge in [0.2, 0.25) is 5.91 Å². The van der Waals surface area contributed by atoms with Gasteiger partial charge < -0.3 is 41.1 Å². The van der Waals surface area contributed by atoms with E-state index in [1.54, 1.807) is 37.5 Å². The Morgan fingerprint density at radius 3 is 2.41 bits per heavy atom. The van der Waals surface area contributed by atoms with E-state index in [0.29, 0.717) is 36.9 Å². The molecule has 9 heteroatoms. The number of para-hydroxylation sites is 1. The quantitative estimate of drug-likeness (QED) is 0.430. The first-order chi connectivity index (χ1) is 16.5. The molecule has 0 saturated carbocycles. The summed E-state index contributed by atoms with van der Waals surface area (Å²) in [5.74, 6) is 0.488. The normalized spacial score (nSPS) is 17.9. The number of carbonyl (C=O) groups is 1. The number of ether oxygens (including phenoxy) is 3. The summed E-state index contributed by atoms with van der Waals surface area (Å²) in [5.41, 5.74) is 14.8. The Morgan fingerprint density at radius 1 is 1.18 bits per heavy atom. The highest BCUT2D eigenvalue weighted by molar-refractivity contribution is 5.86. The Balaban J connectivity index is 0.000000279. The monoisotopic (exact) mass is 472 g/mol. The molecule has 0 spiro atoms. The van der Waals surface area contributed by atoms with Gasteiger partial charge in [-0.2, -0.15) is 0 Å². The van der Waals surface area contributed by atoms with Crippen molar-refractivity contribution in [3.05, 3.63) is 59.8 Å². The Kier molecular flexibility index (Phi) is 11.7. The van der Waals surface area contributed by atoms with E-state index < -0.39 is 0 Å². The van der Waals surface area contributed by atoms with Gasteiger partial charge in [0.1, 0.15) is 17.7 Å². The smallest absolute Gasteiger partial charge is 0.243 e. The molecule has 1 amide bonds. The molecule has 2 fully saturated rings. The number of rotatable bonds is 4. The van der Waals surface area contributed by atoms with Crippen LogP contribution < -0.4 is 16.8 Å². The number of aromatic nitrogens is 1. The number of H-pyrrole nitrogens is 1. The first-order valence-electron chi connectivity index (χ1n) is 11.3. The van der Waals surface area contributed by atoms with Crippen LogP contribution in [0, 0.1) is 0 Å². The van der Waals surface area contributed by atoms with Crippen LogP contribution >= 0.6 is 0 Å². The van der Waals surface area contributed by atoms with Gasteiger partial charge in [-0.1, -0.05) is 18.7 Å². The summed E-state index contributed by atoms with van der Waals surface area (Å²) in [6.07, 6.45) is 8.53. The number of aromatic amines is 1. The highest BCUT2D eigenvalue weighted by atomic mass is 16.6. The van der Waals surface area contributed by atoms with Gasteiger partial charge in [0.15, 0.2) is 0 Å². The Labute approximate surface area is 200 Å². The number of amides is 1. The number of likely N-dealkylation sites (N-methyl/N-ethyl adjacent to an activating group) is 1. The van der Waals surface area contributed by atoms with Crippen LogP contribution in [0.5, 0.6) is 5.75 Å². The fourth-order valence-electron chi connectivity index (χ4n) is 3.30. The van der Waals surface area contributed by atoms with Crippen molar-refractivity contribution in [3.8, 4) is 5.75 Å². The molecule has 4 rings (SSSR count). The van der Waals surface area contributed by atoms with Gasteiger partial charge in [0.05, 0.1) is 19.8 Å². The van der Waals surface area contributed by atoms with Crippen molar-refractivity contribution in [2.24, 2.45) is 5.73 Å². The van der Waals surface area contributed by atoms with E-state index in [2.05, 4.69) is 16.9 Å². The number of carbonyl (C=O) groups excluding carboxylic acids is 1. The van der Waals surface area contributed by atoms with Crippen molar-refractivity contribution in [2.45, 2.75) is 25.4 Å². The highest BCUT2D eigenvalue weighted by Gasteiger charge is 2.22. The summed E-state index contributed by atoms with van der Waals surface area (Å²) in [6.45, 7) is 6.85. The number of aromatic hydroxyl groups is 1. The number of nitrogens with two attached hydrogens (primary N) is 2. The van der Waals surface area contributed by atoms with Gasteiger partial charge in [-0.05, 0) is 43.5 Å². The molecule has 2 aliphatic heterocycles. The van der Waals surface area contributed by atoms with Crippen LogP contribution in [0.3, 0.4) is 0 Å². The molecule has 1 atom stereocenters. The fraction of sp³-hybridized carbons (Fsp3) is 0.400. The van der Waals surface area contributed by atoms with Crippen molar-refractivity contribution in [1.82, 2.24) is 10.3 Å². The number of hydrogen-bond donors (Lipinski definition) is 5. The molecule has 7 N–H and O–H groups in total. The minimum atomic E-state index is -0.175. The van der Waals surface area contributed by atoms with E-state index in [9.17, 15) is 9.90 Å². The third-order valence-corrected chi connectivity index (χ3v) is 5.17. The van der Waals surface area contributed by atoms with Crippen molar-refractivity contribution in [3.63, 3.8) is 0 Å². The molecule has 2 aromatic rings. The molecule has 0 aliphatic carbocycles. The molecule has 0 radical (unpaired) electrons. The van der Waals surface area contributed by atoms with Crippen LogP contribution in [-0.4, -0.2) is 56.1 Å². The van der Waals surface area contributed by atoms with Gasteiger partial charge in [0, 0.05) is 48.8 Å². The van der Waals surface area contributed by atoms with Crippen LogP contribution in [0.25, 0.3) is 11.8 Å². The zero-order chi connectivity index (χ0) is 24.8. The van der Waals surface area contributed by atoms with Crippen molar-refractivity contribution >= 4 is 23.5 Å². The Bertz CT molecular complexity index is 920. The van der Waals surface area contributed by atoms with Gasteiger partial charge in [0.25, 0.3) is 0 Å². The minimum Gasteiger partial charge on any atom is -0.507 e. The lowest BCUT2D eigenvalue weighted by molar-refractivity contribution is -0.116. The lowest BCUT2D eigenvalue weighted by Gasteiger charge is -2.23. The van der Waals surface area contributed by atoms with Gasteiger partial charge in [-0.25, -0.2) is 0 Å². The van der Waals surface area contributed by atoms with Crippen LogP contribution in [0.1, 0.15) is 42.1 Å². The zero-order valence-corrected chi connectivity index (χ0v) is 19.7. The van der Waals surface area contributed by atoms with Crippen LogP contribution in [0.15, 0.2) is 43.1 Å². The molecular formula is C25H36N4O5. The summed E-state index contributed by atoms with van der Waals surface area (Å²) >= 11 is 0. The standard InChI is InChI=1S/C16H19N3O3.C5H10O.C4H7NO/c17-13(10-3-1-2-4-14(10)20)7-11-12(8-19-16(11)18)15-9-21-5-6-22-15;1-2-4-6-5-3-1;1-3-4(6)5-2/h1-4,7-8,15,19-20H,5-6,9,17-18H2;1-5H2;3H,1H2,2H3,(H,5,6)/b13-7-;;. The molecular weight excluding hydrogens is 436 g/mol. The summed E-state index contributed by atoms with van der Waals surface area (Å²) in [6, 6.07) is 6.91. The van der Waals surface area contributed by atoms with Gasteiger partial charge in [-0.15, -0.1) is 0 Å². The van der Waals surface area contributed by atoms with Gasteiger partial charge >= 0.3 is 0 Å². The number of nitrogen functional groups attached to an aromatic ring is 1. The number of anilines is 1. The second-order valence-electron chi connectivity index (χ2n) is 7.61. The number of phenols is 1. The molecule has 2 aliphatic rings. The first-order valence-corrected chi connectivity index (χ1v) is 11.3. The summed E-state index contributed by atoms with van der Waals surface area (Å²) in [7, 11) is 1.56. The second-order valence-corrected chi connectivity index (χ2v) is 7.61. The predicted octanol–water partition coefficient (Wildman–Crippen LogP) is 2.95. The molecule has 1 aromatic carbocycles. The molecule has 1 aromatic heterocycles. The highest BCUT2D eigenvalue weighted by Crippen LogP contribution is 2.31. The lowest BCUT2D eigenvalue weighted by atomic mass is 10.0. The number of benzene rings is 1. The summed E-state index contributed by atoms with van der Waals surface area (Å²) < 4.78 is 16.2. The predicted molar refractivity (Wildman–Crippen MR) is 134 cm³/mol. The van der Waals surface area contributed by atoms with E-state index in [-0.39, 0.29) is 17.8 Å². The average Bonchev–Trinajstić information content (AvgIpc) is 3.25. The number of phenolic OH excluding ortho intramolecular Hbond substituents is 1. The van der Waals surface area contributed by atoms with Crippen molar-refractivity contribution < 1.29 is 24.1 Å². The van der Waals surface area contributed by atoms with Crippen LogP contribution in [0.4, 0.5) is 5.82 Å². The van der Waals surface area contributed by atoms with Gasteiger partial charge in [-0.3, -0.25) is 4.79 Å². The molecule has 0 bridgehead atoms. The largest absolute Gasteiger partial charge is 0.507 e. The SMILES string of the molecule is C1CCOCC1.C=CC(=O)NC.N/C(=C\c1c(C2COCCO2)c[nH]c1N)c1ccccc1O. The van der Waals surface area contributed by atoms with E-state index >= 15 is 0 Å². The molecule has 34 heavy (non-hydrogen) atoms. The minimum absolute atomic E-state index is 0.129. The maximum absolute atomic E-state index is 9.95. The maximum atomic E-state index is 9.95. The van der Waals surface area contributed by atoms with E-state index in [1.165, 1.54) is 25.3 Å². The van der Waals surface area contributed by atoms with E-state index in [1.807, 2.05) is 6.07 Å². The Hall–Kier alpha value is -3.27. The van der Waals surface area contributed by atoms with E-state index in [4.69, 9.17) is 25.7 Å². The summed E-state index contributed by atoms with van der Waals surface area (Å²) in [4.78, 5) is 12.9. The molecule has 3 heterocycles. The molecule has 2 saturated heterocycles. The molecule has 1 unspecified atom stereocenters. The topological polar surface area (TPSA) is 145 Å². The summed E-state index contributed by atoms with van der Waals surface area (Å²) in [5, 5.41) is 12.2.